The van der Waals surface area contributed by atoms with Crippen molar-refractivity contribution in [2.24, 2.45) is 0 Å². The van der Waals surface area contributed by atoms with Gasteiger partial charge in [0.05, 0.1) is 0 Å². The van der Waals surface area contributed by atoms with Crippen LogP contribution < -0.4 is 10.6 Å². The van der Waals surface area contributed by atoms with Crippen LogP contribution in [0.2, 0.25) is 0 Å². The van der Waals surface area contributed by atoms with Crippen LogP contribution in [0.3, 0.4) is 0 Å². The van der Waals surface area contributed by atoms with E-state index in [4.69, 9.17) is 4.74 Å². The van der Waals surface area contributed by atoms with Crippen molar-refractivity contribution in [2.45, 2.75) is 13.3 Å². The minimum Gasteiger partial charge on any atom is -0.375 e. The SMILES string of the molecule is CCc1ccnc(NCCNC(=O)COC)n1. The Kier molecular flexibility index (Phi) is 5.95. The zero-order chi connectivity index (χ0) is 12.5. The second-order valence-corrected chi connectivity index (χ2v) is 3.43. The minimum atomic E-state index is -0.127. The topological polar surface area (TPSA) is 76.1 Å². The molecule has 0 radical (unpaired) electrons. The minimum absolute atomic E-state index is 0.0851. The standard InChI is InChI=1S/C11H18N4O2/c1-3-9-4-5-13-11(15-9)14-7-6-12-10(16)8-17-2/h4-5H,3,6-8H2,1-2H3,(H,12,16)(H,13,14,15). The van der Waals surface area contributed by atoms with Crippen LogP contribution in [-0.4, -0.2) is 42.7 Å². The summed E-state index contributed by atoms with van der Waals surface area (Å²) in [5.41, 5.74) is 0.992. The van der Waals surface area contributed by atoms with E-state index in [0.717, 1.165) is 12.1 Å². The largest absolute Gasteiger partial charge is 0.375 e. The number of aromatic nitrogens is 2. The fourth-order valence-corrected chi connectivity index (χ4v) is 1.24. The summed E-state index contributed by atoms with van der Waals surface area (Å²) in [5, 5.41) is 5.74. The first kappa shape index (κ1) is 13.4. The van der Waals surface area contributed by atoms with E-state index in [-0.39, 0.29) is 12.5 Å². The molecule has 1 aromatic rings. The molecule has 0 fully saturated rings. The molecule has 0 unspecified atom stereocenters. The van der Waals surface area contributed by atoms with E-state index in [1.165, 1.54) is 7.11 Å². The number of anilines is 1. The monoisotopic (exact) mass is 238 g/mol. The van der Waals surface area contributed by atoms with E-state index in [1.54, 1.807) is 6.20 Å². The number of aryl methyl sites for hydroxylation is 1. The Bertz CT molecular complexity index is 357. The molecule has 1 aromatic heterocycles. The number of nitrogens with zero attached hydrogens (tertiary/aromatic N) is 2. The number of carbonyl (C=O) groups excluding carboxylic acids is 1. The van der Waals surface area contributed by atoms with Crippen molar-refractivity contribution in [3.63, 3.8) is 0 Å². The zero-order valence-electron chi connectivity index (χ0n) is 10.2. The molecule has 1 rings (SSSR count). The summed E-state index contributed by atoms with van der Waals surface area (Å²) in [6.07, 6.45) is 2.60. The number of ether oxygens (including phenoxy) is 1. The molecule has 0 atom stereocenters. The van der Waals surface area contributed by atoms with Crippen molar-refractivity contribution >= 4 is 11.9 Å². The molecule has 1 heterocycles. The lowest BCUT2D eigenvalue weighted by Gasteiger charge is -2.06. The number of amides is 1. The van der Waals surface area contributed by atoms with Crippen molar-refractivity contribution in [1.82, 2.24) is 15.3 Å². The maximum atomic E-state index is 11.1. The van der Waals surface area contributed by atoms with Crippen LogP contribution in [0.4, 0.5) is 5.95 Å². The van der Waals surface area contributed by atoms with Gasteiger partial charge in [0.15, 0.2) is 0 Å². The Morgan fingerprint density at radius 2 is 2.29 bits per heavy atom. The lowest BCUT2D eigenvalue weighted by molar-refractivity contribution is -0.124. The molecular formula is C11H18N4O2. The van der Waals surface area contributed by atoms with Gasteiger partial charge in [-0.15, -0.1) is 0 Å². The Balaban J connectivity index is 2.24. The second-order valence-electron chi connectivity index (χ2n) is 3.43. The first-order chi connectivity index (χ1) is 8.26. The van der Waals surface area contributed by atoms with E-state index in [2.05, 4.69) is 20.6 Å². The van der Waals surface area contributed by atoms with Crippen molar-refractivity contribution in [3.05, 3.63) is 18.0 Å². The number of hydrogen-bond acceptors (Lipinski definition) is 5. The lowest BCUT2D eigenvalue weighted by Crippen LogP contribution is -2.31. The van der Waals surface area contributed by atoms with Crippen LogP contribution in [-0.2, 0) is 16.0 Å². The Morgan fingerprint density at radius 3 is 3.00 bits per heavy atom. The Labute approximate surface area is 101 Å². The first-order valence-electron chi connectivity index (χ1n) is 5.57. The van der Waals surface area contributed by atoms with Gasteiger partial charge in [0.1, 0.15) is 6.61 Å². The zero-order valence-corrected chi connectivity index (χ0v) is 10.2. The van der Waals surface area contributed by atoms with Crippen LogP contribution in [0.5, 0.6) is 0 Å². The second kappa shape index (κ2) is 7.56. The highest BCUT2D eigenvalue weighted by atomic mass is 16.5. The molecular weight excluding hydrogens is 220 g/mol. The molecule has 0 aliphatic heterocycles. The van der Waals surface area contributed by atoms with Gasteiger partial charge in [0, 0.05) is 32.1 Å². The third kappa shape index (κ3) is 5.26. The van der Waals surface area contributed by atoms with E-state index < -0.39 is 0 Å². The molecule has 2 N–H and O–H groups in total. The Hall–Kier alpha value is -1.69. The van der Waals surface area contributed by atoms with Gasteiger partial charge in [-0.3, -0.25) is 4.79 Å². The van der Waals surface area contributed by atoms with E-state index in [0.29, 0.717) is 19.0 Å². The van der Waals surface area contributed by atoms with Crippen LogP contribution in [0, 0.1) is 0 Å². The number of methoxy groups -OCH3 is 1. The number of rotatable bonds is 7. The fourth-order valence-electron chi connectivity index (χ4n) is 1.24. The third-order valence-corrected chi connectivity index (χ3v) is 2.08. The highest BCUT2D eigenvalue weighted by Crippen LogP contribution is 1.99. The smallest absolute Gasteiger partial charge is 0.246 e. The molecule has 0 aliphatic rings. The van der Waals surface area contributed by atoms with Gasteiger partial charge >= 0.3 is 0 Å². The summed E-state index contributed by atoms with van der Waals surface area (Å²) in [6, 6.07) is 1.88. The maximum Gasteiger partial charge on any atom is 0.246 e. The van der Waals surface area contributed by atoms with E-state index in [9.17, 15) is 4.79 Å². The summed E-state index contributed by atoms with van der Waals surface area (Å²) in [6.45, 7) is 3.23. The summed E-state index contributed by atoms with van der Waals surface area (Å²) in [7, 11) is 1.49. The molecule has 0 saturated heterocycles. The van der Waals surface area contributed by atoms with Gasteiger partial charge in [-0.05, 0) is 12.5 Å². The summed E-state index contributed by atoms with van der Waals surface area (Å²) in [5.74, 6) is 0.461. The molecule has 0 spiro atoms. The third-order valence-electron chi connectivity index (χ3n) is 2.08. The summed E-state index contributed by atoms with van der Waals surface area (Å²) < 4.78 is 4.69. The van der Waals surface area contributed by atoms with Gasteiger partial charge in [0.2, 0.25) is 11.9 Å². The van der Waals surface area contributed by atoms with Crippen molar-refractivity contribution in [2.75, 3.05) is 32.1 Å². The molecule has 94 valence electrons. The highest BCUT2D eigenvalue weighted by molar-refractivity contribution is 5.77. The molecule has 0 saturated carbocycles. The molecule has 6 nitrogen and oxygen atoms in total. The number of carbonyl (C=O) groups is 1. The number of hydrogen-bond donors (Lipinski definition) is 2. The lowest BCUT2D eigenvalue weighted by atomic mass is 10.3. The Morgan fingerprint density at radius 1 is 1.47 bits per heavy atom. The molecule has 17 heavy (non-hydrogen) atoms. The van der Waals surface area contributed by atoms with Crippen molar-refractivity contribution < 1.29 is 9.53 Å². The molecule has 0 bridgehead atoms. The van der Waals surface area contributed by atoms with Gasteiger partial charge in [-0.2, -0.15) is 0 Å². The van der Waals surface area contributed by atoms with Crippen LogP contribution in [0.1, 0.15) is 12.6 Å². The van der Waals surface area contributed by atoms with Gasteiger partial charge in [-0.25, -0.2) is 9.97 Å². The highest BCUT2D eigenvalue weighted by Gasteiger charge is 1.99. The number of nitrogens with one attached hydrogen (secondary N) is 2. The summed E-state index contributed by atoms with van der Waals surface area (Å²) in [4.78, 5) is 19.4. The molecule has 0 aliphatic carbocycles. The maximum absolute atomic E-state index is 11.1. The van der Waals surface area contributed by atoms with E-state index in [1.807, 2.05) is 13.0 Å². The van der Waals surface area contributed by atoms with Crippen LogP contribution in [0.15, 0.2) is 12.3 Å². The quantitative estimate of drug-likeness (QED) is 0.664. The van der Waals surface area contributed by atoms with E-state index >= 15 is 0 Å². The average Bonchev–Trinajstić information content (AvgIpc) is 2.35. The van der Waals surface area contributed by atoms with Gasteiger partial charge < -0.3 is 15.4 Å². The van der Waals surface area contributed by atoms with Crippen molar-refractivity contribution in [1.29, 1.82) is 0 Å². The normalized spacial score (nSPS) is 10.0. The first-order valence-corrected chi connectivity index (χ1v) is 5.57. The molecule has 6 heteroatoms. The van der Waals surface area contributed by atoms with Gasteiger partial charge in [0.25, 0.3) is 0 Å². The predicted molar refractivity (Wildman–Crippen MR) is 64.8 cm³/mol. The summed E-state index contributed by atoms with van der Waals surface area (Å²) >= 11 is 0. The van der Waals surface area contributed by atoms with Crippen molar-refractivity contribution in [3.8, 4) is 0 Å². The van der Waals surface area contributed by atoms with Crippen LogP contribution in [0.25, 0.3) is 0 Å². The molecule has 0 aromatic carbocycles. The average molecular weight is 238 g/mol. The fraction of sp³-hybridized carbons (Fsp3) is 0.545. The molecule has 1 amide bonds. The van der Waals surface area contributed by atoms with Gasteiger partial charge in [-0.1, -0.05) is 6.92 Å². The predicted octanol–water partition coefficient (Wildman–Crippen LogP) is 0.214. The van der Waals surface area contributed by atoms with Crippen LogP contribution >= 0.6 is 0 Å².